The molecular weight excluding hydrogens is 333 g/mol. The number of carbonyl (C=O) groups is 1. The lowest BCUT2D eigenvalue weighted by molar-refractivity contribution is -0.142. The number of esters is 1. The van der Waals surface area contributed by atoms with Crippen LogP contribution in [0, 0.1) is 5.82 Å². The number of carbonyl (C=O) groups excluding carboxylic acids is 1. The van der Waals surface area contributed by atoms with Crippen molar-refractivity contribution in [1.29, 1.82) is 0 Å². The summed E-state index contributed by atoms with van der Waals surface area (Å²) >= 11 is 1.24. The van der Waals surface area contributed by atoms with Crippen LogP contribution >= 0.6 is 11.3 Å². The number of thiazole rings is 1. The molecule has 8 heteroatoms. The highest BCUT2D eigenvalue weighted by Crippen LogP contribution is 2.14. The largest absolute Gasteiger partial charge is 0.466 e. The highest BCUT2D eigenvalue weighted by atomic mass is 32.1. The van der Waals surface area contributed by atoms with E-state index in [9.17, 15) is 14.0 Å². The molecule has 0 saturated heterocycles. The van der Waals surface area contributed by atoms with Crippen molar-refractivity contribution in [3.05, 3.63) is 62.8 Å². The van der Waals surface area contributed by atoms with Gasteiger partial charge in [-0.1, -0.05) is 12.1 Å². The van der Waals surface area contributed by atoms with Gasteiger partial charge in [-0.2, -0.15) is 10.1 Å². The maximum atomic E-state index is 13.0. The minimum atomic E-state index is -0.427. The van der Waals surface area contributed by atoms with E-state index in [-0.39, 0.29) is 30.3 Å². The molecule has 3 rings (SSSR count). The number of fused-ring (bicyclic) bond motifs is 1. The van der Waals surface area contributed by atoms with Gasteiger partial charge in [-0.15, -0.1) is 11.3 Å². The summed E-state index contributed by atoms with van der Waals surface area (Å²) in [6.07, 6.45) is 0.297. The number of rotatable bonds is 5. The summed E-state index contributed by atoms with van der Waals surface area (Å²) in [5.74, 6) is -0.704. The van der Waals surface area contributed by atoms with Gasteiger partial charge in [0.1, 0.15) is 11.5 Å². The van der Waals surface area contributed by atoms with Gasteiger partial charge in [0, 0.05) is 11.8 Å². The molecule has 0 saturated carbocycles. The van der Waals surface area contributed by atoms with Gasteiger partial charge in [0.25, 0.3) is 5.56 Å². The number of hydrogen-bond acceptors (Lipinski definition) is 6. The van der Waals surface area contributed by atoms with E-state index in [0.717, 1.165) is 5.56 Å². The Kier molecular flexibility index (Phi) is 4.66. The zero-order valence-corrected chi connectivity index (χ0v) is 13.7. The first-order valence-corrected chi connectivity index (χ1v) is 8.21. The van der Waals surface area contributed by atoms with Crippen LogP contribution in [0.25, 0.3) is 4.96 Å². The first-order chi connectivity index (χ1) is 11.6. The summed E-state index contributed by atoms with van der Waals surface area (Å²) in [6.45, 7) is 2.04. The molecule has 1 aromatic carbocycles. The molecule has 6 nitrogen and oxygen atoms in total. The quantitative estimate of drug-likeness (QED) is 0.660. The minimum Gasteiger partial charge on any atom is -0.466 e. The van der Waals surface area contributed by atoms with Crippen molar-refractivity contribution in [1.82, 2.24) is 14.6 Å². The minimum absolute atomic E-state index is 0.0569. The normalized spacial score (nSPS) is 10.9. The molecule has 2 aromatic heterocycles. The molecule has 0 radical (unpaired) electrons. The number of halogens is 1. The fourth-order valence-electron chi connectivity index (χ4n) is 2.22. The van der Waals surface area contributed by atoms with Crippen LogP contribution in [0.1, 0.15) is 23.9 Å². The van der Waals surface area contributed by atoms with Crippen LogP contribution in [0.4, 0.5) is 4.39 Å². The van der Waals surface area contributed by atoms with Crippen molar-refractivity contribution in [2.75, 3.05) is 6.61 Å². The second-order valence-electron chi connectivity index (χ2n) is 5.07. The average molecular weight is 347 g/mol. The van der Waals surface area contributed by atoms with Gasteiger partial charge in [0.2, 0.25) is 4.96 Å². The van der Waals surface area contributed by atoms with E-state index in [0.29, 0.717) is 17.3 Å². The molecule has 0 bridgehead atoms. The maximum Gasteiger partial charge on any atom is 0.311 e. The lowest BCUT2D eigenvalue weighted by Gasteiger charge is -2.04. The van der Waals surface area contributed by atoms with E-state index in [1.54, 1.807) is 24.4 Å². The molecule has 0 aliphatic rings. The molecule has 0 aliphatic heterocycles. The predicted octanol–water partition coefficient (Wildman–Crippen LogP) is 1.99. The second kappa shape index (κ2) is 6.88. The molecule has 0 fully saturated rings. The van der Waals surface area contributed by atoms with Crippen LogP contribution in [0.3, 0.4) is 0 Å². The van der Waals surface area contributed by atoms with Crippen LogP contribution < -0.4 is 5.56 Å². The SMILES string of the molecule is CCOC(=O)Cc1csc2nc(=O)c(Cc3ccc(F)cc3)nn12. The molecule has 0 spiro atoms. The fraction of sp³-hybridized carbons (Fsp3) is 0.250. The number of hydrogen-bond donors (Lipinski definition) is 0. The van der Waals surface area contributed by atoms with Crippen molar-refractivity contribution in [2.24, 2.45) is 0 Å². The molecule has 124 valence electrons. The highest BCUT2D eigenvalue weighted by Gasteiger charge is 2.14. The number of nitrogens with zero attached hydrogens (tertiary/aromatic N) is 3. The Hall–Kier alpha value is -2.61. The Morgan fingerprint density at radius 2 is 2.08 bits per heavy atom. The lowest BCUT2D eigenvalue weighted by atomic mass is 10.1. The average Bonchev–Trinajstić information content (AvgIpc) is 2.92. The third-order valence-corrected chi connectivity index (χ3v) is 4.20. The third-order valence-electron chi connectivity index (χ3n) is 3.33. The predicted molar refractivity (Wildman–Crippen MR) is 86.7 cm³/mol. The van der Waals surface area contributed by atoms with Crippen molar-refractivity contribution in [3.63, 3.8) is 0 Å². The number of benzene rings is 1. The van der Waals surface area contributed by atoms with Crippen LogP contribution in [-0.4, -0.2) is 27.2 Å². The molecule has 0 N–H and O–H groups in total. The third kappa shape index (κ3) is 3.48. The maximum absolute atomic E-state index is 13.0. The van der Waals surface area contributed by atoms with E-state index in [1.165, 1.54) is 28.0 Å². The lowest BCUT2D eigenvalue weighted by Crippen LogP contribution is -2.20. The fourth-order valence-corrected chi connectivity index (χ4v) is 3.04. The van der Waals surface area contributed by atoms with Crippen molar-refractivity contribution in [3.8, 4) is 0 Å². The van der Waals surface area contributed by atoms with Crippen molar-refractivity contribution < 1.29 is 13.9 Å². The topological polar surface area (TPSA) is 73.6 Å². The molecule has 0 unspecified atom stereocenters. The van der Waals surface area contributed by atoms with Crippen molar-refractivity contribution >= 4 is 22.3 Å². The molecule has 3 aromatic rings. The van der Waals surface area contributed by atoms with Crippen LogP contribution in [0.15, 0.2) is 34.4 Å². The van der Waals surface area contributed by atoms with Crippen LogP contribution in [0.5, 0.6) is 0 Å². The van der Waals surface area contributed by atoms with Gasteiger partial charge in [-0.25, -0.2) is 8.91 Å². The smallest absolute Gasteiger partial charge is 0.311 e. The molecule has 0 atom stereocenters. The molecule has 24 heavy (non-hydrogen) atoms. The van der Waals surface area contributed by atoms with Gasteiger partial charge in [-0.05, 0) is 24.6 Å². The summed E-state index contributed by atoms with van der Waals surface area (Å²) < 4.78 is 19.4. The van der Waals surface area contributed by atoms with E-state index >= 15 is 0 Å². The summed E-state index contributed by atoms with van der Waals surface area (Å²) in [7, 11) is 0. The Labute approximate surface area is 140 Å². The molecule has 0 amide bonds. The summed E-state index contributed by atoms with van der Waals surface area (Å²) in [5.41, 5.74) is 1.18. The standard InChI is InChI=1S/C16H14FN3O3S/c1-2-23-14(21)8-12-9-24-16-18-15(22)13(19-20(12)16)7-10-3-5-11(17)6-4-10/h3-6,9H,2,7-8H2,1H3. The van der Waals surface area contributed by atoms with E-state index < -0.39 is 5.56 Å². The van der Waals surface area contributed by atoms with Gasteiger partial charge < -0.3 is 4.74 Å². The summed E-state index contributed by atoms with van der Waals surface area (Å²) in [5, 5.41) is 6.05. The van der Waals surface area contributed by atoms with Gasteiger partial charge in [0.15, 0.2) is 0 Å². The monoisotopic (exact) mass is 347 g/mol. The Morgan fingerprint density at radius 1 is 1.33 bits per heavy atom. The summed E-state index contributed by atoms with van der Waals surface area (Å²) in [4.78, 5) is 28.2. The van der Waals surface area contributed by atoms with Gasteiger partial charge in [0.05, 0.1) is 18.7 Å². The van der Waals surface area contributed by atoms with E-state index in [2.05, 4.69) is 10.1 Å². The Balaban J connectivity index is 1.93. The van der Waals surface area contributed by atoms with Gasteiger partial charge >= 0.3 is 5.97 Å². The van der Waals surface area contributed by atoms with Crippen molar-refractivity contribution in [2.45, 2.75) is 19.8 Å². The second-order valence-corrected chi connectivity index (χ2v) is 5.91. The molecular formula is C16H14FN3O3S. The van der Waals surface area contributed by atoms with Crippen LogP contribution in [-0.2, 0) is 22.4 Å². The first kappa shape index (κ1) is 16.3. The Bertz CT molecular complexity index is 934. The van der Waals surface area contributed by atoms with E-state index in [4.69, 9.17) is 4.74 Å². The Morgan fingerprint density at radius 3 is 2.79 bits per heavy atom. The van der Waals surface area contributed by atoms with Crippen LogP contribution in [0.2, 0.25) is 0 Å². The molecule has 2 heterocycles. The zero-order valence-electron chi connectivity index (χ0n) is 12.9. The zero-order chi connectivity index (χ0) is 17.1. The highest BCUT2D eigenvalue weighted by molar-refractivity contribution is 7.15. The molecule has 0 aliphatic carbocycles. The summed E-state index contributed by atoms with van der Waals surface area (Å²) in [6, 6.07) is 5.85. The first-order valence-electron chi connectivity index (χ1n) is 7.33. The number of ether oxygens (including phenoxy) is 1. The van der Waals surface area contributed by atoms with Gasteiger partial charge in [-0.3, -0.25) is 9.59 Å². The van der Waals surface area contributed by atoms with E-state index in [1.807, 2.05) is 0 Å². The number of aromatic nitrogens is 3.